The first kappa shape index (κ1) is 18.1. The van der Waals surface area contributed by atoms with E-state index in [0.29, 0.717) is 18.5 Å². The van der Waals surface area contributed by atoms with Crippen LogP contribution in [0.5, 0.6) is 0 Å². The molecule has 1 aromatic carbocycles. The van der Waals surface area contributed by atoms with Crippen molar-refractivity contribution in [1.82, 2.24) is 15.0 Å². The van der Waals surface area contributed by atoms with Crippen LogP contribution in [-0.4, -0.2) is 44.1 Å². The predicted molar refractivity (Wildman–Crippen MR) is 89.0 cm³/mol. The molecule has 1 heterocycles. The van der Waals surface area contributed by atoms with Gasteiger partial charge in [-0.15, -0.1) is 0 Å². The smallest absolute Gasteiger partial charge is 0.251 e. The van der Waals surface area contributed by atoms with E-state index in [1.807, 2.05) is 12.1 Å². The van der Waals surface area contributed by atoms with Crippen LogP contribution in [0.2, 0.25) is 0 Å². The first-order valence-electron chi connectivity index (χ1n) is 7.40. The lowest BCUT2D eigenvalue weighted by Gasteiger charge is -2.08. The zero-order valence-electron chi connectivity index (χ0n) is 13.0. The Morgan fingerprint density at radius 3 is 2.33 bits per heavy atom. The predicted octanol–water partition coefficient (Wildman–Crippen LogP) is 0.325. The van der Waals surface area contributed by atoms with Crippen LogP contribution in [-0.2, 0) is 16.4 Å². The summed E-state index contributed by atoms with van der Waals surface area (Å²) in [5, 5.41) is 11.5. The van der Waals surface area contributed by atoms with Gasteiger partial charge in [-0.2, -0.15) is 0 Å². The molecule has 0 saturated carbocycles. The Hall–Kier alpha value is -2.29. The van der Waals surface area contributed by atoms with Gasteiger partial charge in [-0.3, -0.25) is 9.78 Å². The Bertz CT molecular complexity index is 762. The first-order valence-corrected chi connectivity index (χ1v) is 8.89. The maximum atomic E-state index is 12.0. The van der Waals surface area contributed by atoms with Crippen molar-refractivity contribution in [1.29, 1.82) is 0 Å². The largest absolute Gasteiger partial charge is 0.395 e. The van der Waals surface area contributed by atoms with Crippen molar-refractivity contribution in [3.05, 3.63) is 59.9 Å². The first-order chi connectivity index (χ1) is 11.5. The fourth-order valence-electron chi connectivity index (χ4n) is 2.02. The van der Waals surface area contributed by atoms with Gasteiger partial charge in [0.15, 0.2) is 0 Å². The second kappa shape index (κ2) is 8.53. The van der Waals surface area contributed by atoms with E-state index in [2.05, 4.69) is 15.0 Å². The molecule has 0 atom stereocenters. The average molecular weight is 349 g/mol. The number of carbonyl (C=O) groups excluding carboxylic acids is 1. The molecule has 1 aromatic heterocycles. The second-order valence-electron chi connectivity index (χ2n) is 5.01. The number of aliphatic hydroxyl groups excluding tert-OH is 1. The molecule has 0 bridgehead atoms. The third kappa shape index (κ3) is 5.12. The fourth-order valence-corrected chi connectivity index (χ4v) is 3.04. The van der Waals surface area contributed by atoms with Crippen LogP contribution >= 0.6 is 0 Å². The molecule has 2 rings (SSSR count). The SMILES string of the molecule is O=C(NCCc1ccncc1)c1ccc(S(=O)(=O)NCCO)cc1. The van der Waals surface area contributed by atoms with Gasteiger partial charge in [-0.25, -0.2) is 13.1 Å². The molecule has 24 heavy (non-hydrogen) atoms. The van der Waals surface area contributed by atoms with Crippen molar-refractivity contribution in [2.24, 2.45) is 0 Å². The van der Waals surface area contributed by atoms with E-state index in [4.69, 9.17) is 5.11 Å². The van der Waals surface area contributed by atoms with E-state index < -0.39 is 10.0 Å². The number of rotatable bonds is 8. The van der Waals surface area contributed by atoms with Crippen LogP contribution in [0.3, 0.4) is 0 Å². The van der Waals surface area contributed by atoms with Gasteiger partial charge in [0.1, 0.15) is 0 Å². The molecule has 0 aliphatic heterocycles. The third-order valence-electron chi connectivity index (χ3n) is 3.28. The molecular formula is C16H19N3O4S. The molecule has 8 heteroatoms. The van der Waals surface area contributed by atoms with Gasteiger partial charge in [0.05, 0.1) is 11.5 Å². The lowest BCUT2D eigenvalue weighted by Crippen LogP contribution is -2.27. The van der Waals surface area contributed by atoms with Crippen molar-refractivity contribution in [2.75, 3.05) is 19.7 Å². The van der Waals surface area contributed by atoms with Crippen LogP contribution < -0.4 is 10.0 Å². The number of nitrogens with one attached hydrogen (secondary N) is 2. The molecule has 0 spiro atoms. The monoisotopic (exact) mass is 349 g/mol. The summed E-state index contributed by atoms with van der Waals surface area (Å²) < 4.78 is 26.0. The van der Waals surface area contributed by atoms with E-state index in [-0.39, 0.29) is 24.0 Å². The highest BCUT2D eigenvalue weighted by Crippen LogP contribution is 2.10. The quantitative estimate of drug-likeness (QED) is 0.636. The molecule has 2 aromatic rings. The summed E-state index contributed by atoms with van der Waals surface area (Å²) in [4.78, 5) is 16.0. The van der Waals surface area contributed by atoms with Crippen molar-refractivity contribution >= 4 is 15.9 Å². The molecule has 0 radical (unpaired) electrons. The summed E-state index contributed by atoms with van der Waals surface area (Å²) in [5.74, 6) is -0.267. The standard InChI is InChI=1S/C16H19N3O4S/c20-12-11-19-24(22,23)15-3-1-14(2-4-15)16(21)18-10-7-13-5-8-17-9-6-13/h1-6,8-9,19-20H,7,10-12H2,(H,18,21). The molecule has 128 valence electrons. The van der Waals surface area contributed by atoms with E-state index in [1.54, 1.807) is 12.4 Å². The van der Waals surface area contributed by atoms with Gasteiger partial charge < -0.3 is 10.4 Å². The number of amides is 1. The Morgan fingerprint density at radius 2 is 1.71 bits per heavy atom. The third-order valence-corrected chi connectivity index (χ3v) is 4.76. The van der Waals surface area contributed by atoms with Gasteiger partial charge in [0.2, 0.25) is 10.0 Å². The van der Waals surface area contributed by atoms with Crippen LogP contribution in [0.4, 0.5) is 0 Å². The minimum Gasteiger partial charge on any atom is -0.395 e. The summed E-state index contributed by atoms with van der Waals surface area (Å²) in [6.45, 7) is 0.137. The number of aromatic nitrogens is 1. The number of nitrogens with zero attached hydrogens (tertiary/aromatic N) is 1. The zero-order chi connectivity index (χ0) is 17.4. The maximum Gasteiger partial charge on any atom is 0.251 e. The van der Waals surface area contributed by atoms with Gasteiger partial charge in [0.25, 0.3) is 5.91 Å². The Labute approximate surface area is 140 Å². The molecular weight excluding hydrogens is 330 g/mol. The van der Waals surface area contributed by atoms with Gasteiger partial charge in [0, 0.05) is 31.0 Å². The summed E-state index contributed by atoms with van der Waals surface area (Å²) in [5.41, 5.74) is 1.45. The van der Waals surface area contributed by atoms with E-state index in [9.17, 15) is 13.2 Å². The molecule has 0 aliphatic rings. The number of hydrogen-bond acceptors (Lipinski definition) is 5. The van der Waals surface area contributed by atoms with Gasteiger partial charge >= 0.3 is 0 Å². The number of carbonyl (C=O) groups is 1. The van der Waals surface area contributed by atoms with Gasteiger partial charge in [-0.1, -0.05) is 0 Å². The van der Waals surface area contributed by atoms with E-state index >= 15 is 0 Å². The number of benzene rings is 1. The summed E-state index contributed by atoms with van der Waals surface area (Å²) in [7, 11) is -3.67. The summed E-state index contributed by atoms with van der Waals surface area (Å²) in [6, 6.07) is 9.38. The van der Waals surface area contributed by atoms with Crippen LogP contribution in [0.25, 0.3) is 0 Å². The summed E-state index contributed by atoms with van der Waals surface area (Å²) >= 11 is 0. The van der Waals surface area contributed by atoms with Crippen molar-refractivity contribution in [3.63, 3.8) is 0 Å². The van der Waals surface area contributed by atoms with Gasteiger partial charge in [-0.05, 0) is 48.4 Å². The maximum absolute atomic E-state index is 12.0. The molecule has 7 nitrogen and oxygen atoms in total. The average Bonchev–Trinajstić information content (AvgIpc) is 2.61. The molecule has 1 amide bonds. The number of pyridine rings is 1. The number of aliphatic hydroxyl groups is 1. The number of sulfonamides is 1. The van der Waals surface area contributed by atoms with Crippen molar-refractivity contribution < 1.29 is 18.3 Å². The summed E-state index contributed by atoms with van der Waals surface area (Å²) in [6.07, 6.45) is 4.08. The minimum atomic E-state index is -3.67. The zero-order valence-corrected chi connectivity index (χ0v) is 13.8. The minimum absolute atomic E-state index is 0.0456. The second-order valence-corrected chi connectivity index (χ2v) is 6.77. The van der Waals surface area contributed by atoms with E-state index in [1.165, 1.54) is 24.3 Å². The van der Waals surface area contributed by atoms with Crippen LogP contribution in [0.1, 0.15) is 15.9 Å². The Balaban J connectivity index is 1.91. The van der Waals surface area contributed by atoms with Crippen molar-refractivity contribution in [3.8, 4) is 0 Å². The Morgan fingerprint density at radius 1 is 1.04 bits per heavy atom. The molecule has 0 fully saturated rings. The van der Waals surface area contributed by atoms with E-state index in [0.717, 1.165) is 5.56 Å². The molecule has 0 aliphatic carbocycles. The lowest BCUT2D eigenvalue weighted by molar-refractivity contribution is 0.0954. The highest BCUT2D eigenvalue weighted by atomic mass is 32.2. The molecule has 3 N–H and O–H groups in total. The number of hydrogen-bond donors (Lipinski definition) is 3. The Kier molecular flexibility index (Phi) is 6.42. The molecule has 0 unspecified atom stereocenters. The van der Waals surface area contributed by atoms with Crippen LogP contribution in [0.15, 0.2) is 53.7 Å². The lowest BCUT2D eigenvalue weighted by atomic mass is 10.2. The topological polar surface area (TPSA) is 108 Å². The van der Waals surface area contributed by atoms with Crippen LogP contribution in [0, 0.1) is 0 Å². The highest BCUT2D eigenvalue weighted by Gasteiger charge is 2.14. The normalized spacial score (nSPS) is 11.2. The fraction of sp³-hybridized carbons (Fsp3) is 0.250. The molecule has 0 saturated heterocycles. The van der Waals surface area contributed by atoms with Crippen molar-refractivity contribution in [2.45, 2.75) is 11.3 Å². The highest BCUT2D eigenvalue weighted by molar-refractivity contribution is 7.89.